The molecule has 0 spiro atoms. The van der Waals surface area contributed by atoms with E-state index in [1.54, 1.807) is 30.3 Å². The number of alkyl halides is 1. The Labute approximate surface area is 135 Å². The predicted molar refractivity (Wildman–Crippen MR) is 88.3 cm³/mol. The second-order valence-electron chi connectivity index (χ2n) is 4.51. The van der Waals surface area contributed by atoms with Gasteiger partial charge in [-0.25, -0.2) is 0 Å². The molecule has 3 rings (SSSR count). The summed E-state index contributed by atoms with van der Waals surface area (Å²) in [4.78, 5) is 15.7. The number of aromatic amines is 1. The number of benzene rings is 2. The SMILES string of the molecule is O=c1c2ccc(OCCCl)cc2[nH]c2cc(Cl)cc(Cl)c12. The van der Waals surface area contributed by atoms with E-state index in [9.17, 15) is 4.79 Å². The highest BCUT2D eigenvalue weighted by molar-refractivity contribution is 6.38. The smallest absolute Gasteiger partial charge is 0.198 e. The molecule has 6 heteroatoms. The van der Waals surface area contributed by atoms with E-state index >= 15 is 0 Å². The van der Waals surface area contributed by atoms with Crippen molar-refractivity contribution in [3.05, 3.63) is 50.6 Å². The Morgan fingerprint density at radius 1 is 1.10 bits per heavy atom. The van der Waals surface area contributed by atoms with Crippen LogP contribution in [0.5, 0.6) is 5.75 Å². The number of aromatic nitrogens is 1. The molecule has 2 aromatic carbocycles. The molecule has 0 fully saturated rings. The molecule has 0 saturated heterocycles. The summed E-state index contributed by atoms with van der Waals surface area (Å²) in [5.74, 6) is 1.04. The number of fused-ring (bicyclic) bond motifs is 2. The number of ether oxygens (including phenoxy) is 1. The molecule has 1 N–H and O–H groups in total. The third-order valence-corrected chi connectivity index (χ3v) is 3.80. The highest BCUT2D eigenvalue weighted by Gasteiger charge is 2.10. The van der Waals surface area contributed by atoms with Gasteiger partial charge in [0.1, 0.15) is 12.4 Å². The molecule has 0 bridgehead atoms. The van der Waals surface area contributed by atoms with E-state index in [1.807, 2.05) is 0 Å². The molecule has 0 radical (unpaired) electrons. The average molecular weight is 343 g/mol. The van der Waals surface area contributed by atoms with Gasteiger partial charge in [-0.15, -0.1) is 11.6 Å². The van der Waals surface area contributed by atoms with Gasteiger partial charge in [0.25, 0.3) is 0 Å². The van der Waals surface area contributed by atoms with Gasteiger partial charge < -0.3 is 9.72 Å². The zero-order chi connectivity index (χ0) is 15.0. The van der Waals surface area contributed by atoms with Crippen LogP contribution in [0.1, 0.15) is 0 Å². The van der Waals surface area contributed by atoms with E-state index in [-0.39, 0.29) is 5.43 Å². The second-order valence-corrected chi connectivity index (χ2v) is 5.73. The number of nitrogens with one attached hydrogen (secondary N) is 1. The number of hydrogen-bond acceptors (Lipinski definition) is 2. The van der Waals surface area contributed by atoms with E-state index < -0.39 is 0 Å². The monoisotopic (exact) mass is 341 g/mol. The van der Waals surface area contributed by atoms with Gasteiger partial charge in [0.15, 0.2) is 5.43 Å². The molecule has 1 heterocycles. The molecule has 0 aliphatic heterocycles. The van der Waals surface area contributed by atoms with Crippen LogP contribution in [0.2, 0.25) is 10.0 Å². The van der Waals surface area contributed by atoms with E-state index in [1.165, 1.54) is 0 Å². The normalized spacial score (nSPS) is 11.2. The molecule has 3 nitrogen and oxygen atoms in total. The van der Waals surface area contributed by atoms with Crippen LogP contribution in [-0.4, -0.2) is 17.5 Å². The lowest BCUT2D eigenvalue weighted by atomic mass is 10.1. The molecular formula is C15H10Cl3NO2. The van der Waals surface area contributed by atoms with Gasteiger partial charge in [0.05, 0.1) is 27.3 Å². The first-order valence-electron chi connectivity index (χ1n) is 6.23. The Bertz CT molecular complexity index is 889. The van der Waals surface area contributed by atoms with Gasteiger partial charge in [-0.3, -0.25) is 4.79 Å². The number of pyridine rings is 1. The number of halogens is 3. The van der Waals surface area contributed by atoms with E-state index in [0.717, 1.165) is 0 Å². The van der Waals surface area contributed by atoms with Gasteiger partial charge in [-0.2, -0.15) is 0 Å². The lowest BCUT2D eigenvalue weighted by Gasteiger charge is -2.08. The van der Waals surface area contributed by atoms with Crippen LogP contribution in [0.3, 0.4) is 0 Å². The molecule has 21 heavy (non-hydrogen) atoms. The first-order chi connectivity index (χ1) is 10.1. The Hall–Kier alpha value is -1.42. The zero-order valence-electron chi connectivity index (χ0n) is 10.8. The van der Waals surface area contributed by atoms with Crippen LogP contribution >= 0.6 is 34.8 Å². The van der Waals surface area contributed by atoms with Gasteiger partial charge in [-0.05, 0) is 24.3 Å². The summed E-state index contributed by atoms with van der Waals surface area (Å²) in [6.45, 7) is 0.405. The first-order valence-corrected chi connectivity index (χ1v) is 7.53. The highest BCUT2D eigenvalue weighted by atomic mass is 35.5. The molecule has 1 aromatic heterocycles. The second kappa shape index (κ2) is 5.76. The van der Waals surface area contributed by atoms with Crippen molar-refractivity contribution in [1.82, 2.24) is 4.98 Å². The largest absolute Gasteiger partial charge is 0.492 e. The quantitative estimate of drug-likeness (QED) is 0.558. The molecule has 0 amide bonds. The topological polar surface area (TPSA) is 42.1 Å². The van der Waals surface area contributed by atoms with Crippen molar-refractivity contribution in [2.24, 2.45) is 0 Å². The van der Waals surface area contributed by atoms with Crippen LogP contribution in [0, 0.1) is 0 Å². The maximum absolute atomic E-state index is 12.5. The zero-order valence-corrected chi connectivity index (χ0v) is 13.0. The van der Waals surface area contributed by atoms with Crippen molar-refractivity contribution < 1.29 is 4.74 Å². The number of rotatable bonds is 3. The molecular weight excluding hydrogens is 333 g/mol. The van der Waals surface area contributed by atoms with Crippen LogP contribution in [0.15, 0.2) is 35.1 Å². The maximum atomic E-state index is 12.5. The summed E-state index contributed by atoms with van der Waals surface area (Å²) in [6.07, 6.45) is 0. The van der Waals surface area contributed by atoms with Crippen molar-refractivity contribution in [3.8, 4) is 5.75 Å². The summed E-state index contributed by atoms with van der Waals surface area (Å²) < 4.78 is 5.46. The number of H-pyrrole nitrogens is 1. The summed E-state index contributed by atoms with van der Waals surface area (Å²) >= 11 is 17.7. The Kier molecular flexibility index (Phi) is 3.98. The van der Waals surface area contributed by atoms with Gasteiger partial charge in [0.2, 0.25) is 0 Å². The molecule has 108 valence electrons. The summed E-state index contributed by atoms with van der Waals surface area (Å²) in [5, 5.41) is 1.79. The molecule has 0 aliphatic carbocycles. The molecule has 0 atom stereocenters. The Morgan fingerprint density at radius 2 is 1.90 bits per heavy atom. The summed E-state index contributed by atoms with van der Waals surface area (Å²) in [6, 6.07) is 8.44. The predicted octanol–water partition coefficient (Wildman–Crippen LogP) is 4.61. The minimum atomic E-state index is -0.135. The third kappa shape index (κ3) is 2.69. The van der Waals surface area contributed by atoms with Crippen molar-refractivity contribution in [2.45, 2.75) is 0 Å². The Balaban J connectivity index is 2.29. The van der Waals surface area contributed by atoms with Gasteiger partial charge >= 0.3 is 0 Å². The van der Waals surface area contributed by atoms with Crippen molar-refractivity contribution in [1.29, 1.82) is 0 Å². The summed E-state index contributed by atoms with van der Waals surface area (Å²) in [7, 11) is 0. The van der Waals surface area contributed by atoms with E-state index in [0.29, 0.717) is 50.1 Å². The third-order valence-electron chi connectivity index (χ3n) is 3.13. The van der Waals surface area contributed by atoms with Crippen LogP contribution in [-0.2, 0) is 0 Å². The standard InChI is InChI=1S/C15H10Cl3NO2/c16-3-4-21-9-1-2-10-12(7-9)19-13-6-8(17)5-11(18)14(13)15(10)20/h1-2,5-7H,3-4H2,(H,19,20). The van der Waals surface area contributed by atoms with Crippen molar-refractivity contribution in [3.63, 3.8) is 0 Å². The Morgan fingerprint density at radius 3 is 2.67 bits per heavy atom. The van der Waals surface area contributed by atoms with Crippen molar-refractivity contribution in [2.75, 3.05) is 12.5 Å². The van der Waals surface area contributed by atoms with Crippen LogP contribution < -0.4 is 10.2 Å². The lowest BCUT2D eigenvalue weighted by Crippen LogP contribution is -2.05. The van der Waals surface area contributed by atoms with Gasteiger partial charge in [0, 0.05) is 16.5 Å². The molecule has 3 aromatic rings. The number of hydrogen-bond donors (Lipinski definition) is 1. The minimum Gasteiger partial charge on any atom is -0.492 e. The molecule has 0 unspecified atom stereocenters. The fourth-order valence-corrected chi connectivity index (χ4v) is 2.91. The van der Waals surface area contributed by atoms with Crippen molar-refractivity contribution >= 4 is 56.6 Å². The van der Waals surface area contributed by atoms with Crippen LogP contribution in [0.4, 0.5) is 0 Å². The maximum Gasteiger partial charge on any atom is 0.198 e. The van der Waals surface area contributed by atoms with E-state index in [2.05, 4.69) is 4.98 Å². The fourth-order valence-electron chi connectivity index (χ4n) is 2.25. The summed E-state index contributed by atoms with van der Waals surface area (Å²) in [5.41, 5.74) is 1.13. The molecule has 0 aliphatic rings. The van der Waals surface area contributed by atoms with Crippen LogP contribution in [0.25, 0.3) is 21.8 Å². The highest BCUT2D eigenvalue weighted by Crippen LogP contribution is 2.27. The average Bonchev–Trinajstić information content (AvgIpc) is 2.44. The lowest BCUT2D eigenvalue weighted by molar-refractivity contribution is 0.343. The fraction of sp³-hybridized carbons (Fsp3) is 0.133. The van der Waals surface area contributed by atoms with E-state index in [4.69, 9.17) is 39.5 Å². The van der Waals surface area contributed by atoms with Gasteiger partial charge in [-0.1, -0.05) is 23.2 Å². The molecule has 0 saturated carbocycles. The first kappa shape index (κ1) is 14.5. The minimum absolute atomic E-state index is 0.135.